The molecule has 0 unspecified atom stereocenters. The summed E-state index contributed by atoms with van der Waals surface area (Å²) in [4.78, 5) is 21.3. The number of carbonyl (C=O) groups excluding carboxylic acids is 1. The highest BCUT2D eigenvalue weighted by molar-refractivity contribution is 6.30. The predicted octanol–water partition coefficient (Wildman–Crippen LogP) is 5.59. The van der Waals surface area contributed by atoms with E-state index in [1.54, 1.807) is 12.1 Å². The van der Waals surface area contributed by atoms with Crippen molar-refractivity contribution in [3.63, 3.8) is 0 Å². The third kappa shape index (κ3) is 4.28. The molecule has 4 nitrogen and oxygen atoms in total. The number of benzene rings is 1. The largest absolute Gasteiger partial charge is 0.326 e. The van der Waals surface area contributed by atoms with Gasteiger partial charge in [-0.3, -0.25) is 14.8 Å². The van der Waals surface area contributed by atoms with Gasteiger partial charge in [0.2, 0.25) is 5.91 Å². The van der Waals surface area contributed by atoms with E-state index in [-0.39, 0.29) is 5.91 Å². The summed E-state index contributed by atoms with van der Waals surface area (Å²) >= 11 is 5.88. The van der Waals surface area contributed by atoms with Crippen LogP contribution < -0.4 is 5.32 Å². The van der Waals surface area contributed by atoms with Crippen molar-refractivity contribution in [1.82, 2.24) is 9.97 Å². The summed E-state index contributed by atoms with van der Waals surface area (Å²) in [6.45, 7) is 0. The highest BCUT2D eigenvalue weighted by Crippen LogP contribution is 2.38. The Bertz CT molecular complexity index is 928. The SMILES string of the molecule is O=C(CC1CCC(c2ccnc3cccnc23)CC1)Nc1ccc(Cl)cc1. The molecular weight excluding hydrogens is 358 g/mol. The summed E-state index contributed by atoms with van der Waals surface area (Å²) in [5.74, 6) is 1.02. The molecule has 1 aliphatic carbocycles. The van der Waals surface area contributed by atoms with E-state index in [2.05, 4.69) is 21.4 Å². The number of hydrogen-bond donors (Lipinski definition) is 1. The van der Waals surface area contributed by atoms with Gasteiger partial charge in [0.15, 0.2) is 0 Å². The average Bonchev–Trinajstić information content (AvgIpc) is 2.70. The zero-order valence-electron chi connectivity index (χ0n) is 15.1. The van der Waals surface area contributed by atoms with Crippen molar-refractivity contribution < 1.29 is 4.79 Å². The maximum Gasteiger partial charge on any atom is 0.224 e. The molecule has 5 heteroatoms. The monoisotopic (exact) mass is 379 g/mol. The van der Waals surface area contributed by atoms with Crippen molar-refractivity contribution in [2.24, 2.45) is 5.92 Å². The minimum atomic E-state index is 0.0804. The van der Waals surface area contributed by atoms with Crippen LogP contribution in [0.15, 0.2) is 54.9 Å². The van der Waals surface area contributed by atoms with Crippen molar-refractivity contribution in [3.05, 3.63) is 65.4 Å². The molecule has 1 aliphatic rings. The van der Waals surface area contributed by atoms with Gasteiger partial charge in [0, 0.05) is 29.5 Å². The summed E-state index contributed by atoms with van der Waals surface area (Å²) in [5.41, 5.74) is 4.07. The van der Waals surface area contributed by atoms with Gasteiger partial charge in [0.05, 0.1) is 11.0 Å². The van der Waals surface area contributed by atoms with Crippen LogP contribution in [0.1, 0.15) is 43.6 Å². The molecular formula is C22H22ClN3O. The second-order valence-corrected chi connectivity index (χ2v) is 7.68. The zero-order chi connectivity index (χ0) is 18.6. The Morgan fingerprint density at radius 2 is 1.78 bits per heavy atom. The first-order valence-corrected chi connectivity index (χ1v) is 9.82. The molecule has 0 bridgehead atoms. The van der Waals surface area contributed by atoms with Crippen LogP contribution in [-0.4, -0.2) is 15.9 Å². The molecule has 1 amide bonds. The molecule has 0 aliphatic heterocycles. The highest BCUT2D eigenvalue weighted by Gasteiger charge is 2.25. The van der Waals surface area contributed by atoms with E-state index in [9.17, 15) is 4.79 Å². The van der Waals surface area contributed by atoms with Gasteiger partial charge >= 0.3 is 0 Å². The number of aromatic nitrogens is 2. The molecule has 138 valence electrons. The number of rotatable bonds is 4. The molecule has 1 N–H and O–H groups in total. The van der Waals surface area contributed by atoms with Crippen molar-refractivity contribution >= 4 is 34.2 Å². The van der Waals surface area contributed by atoms with Crippen molar-refractivity contribution in [2.45, 2.75) is 38.0 Å². The molecule has 3 aromatic rings. The van der Waals surface area contributed by atoms with Crippen LogP contribution >= 0.6 is 11.6 Å². The fourth-order valence-electron chi connectivity index (χ4n) is 4.01. The first-order chi connectivity index (χ1) is 13.2. The summed E-state index contributed by atoms with van der Waals surface area (Å²) in [6.07, 6.45) is 8.60. The van der Waals surface area contributed by atoms with Crippen LogP contribution in [0, 0.1) is 5.92 Å². The Hall–Kier alpha value is -2.46. The normalized spacial score (nSPS) is 19.7. The minimum absolute atomic E-state index is 0.0804. The summed E-state index contributed by atoms with van der Waals surface area (Å²) in [7, 11) is 0. The molecule has 27 heavy (non-hydrogen) atoms. The molecule has 1 saturated carbocycles. The first kappa shape index (κ1) is 17.9. The topological polar surface area (TPSA) is 54.9 Å². The predicted molar refractivity (Wildman–Crippen MR) is 109 cm³/mol. The van der Waals surface area contributed by atoms with Gasteiger partial charge in [-0.15, -0.1) is 0 Å². The molecule has 0 radical (unpaired) electrons. The van der Waals surface area contributed by atoms with Crippen LogP contribution in [0.2, 0.25) is 5.02 Å². The molecule has 1 aromatic carbocycles. The van der Waals surface area contributed by atoms with Crippen LogP contribution in [0.3, 0.4) is 0 Å². The van der Waals surface area contributed by atoms with Gasteiger partial charge in [0.25, 0.3) is 0 Å². The van der Waals surface area contributed by atoms with Gasteiger partial charge in [-0.25, -0.2) is 0 Å². The van der Waals surface area contributed by atoms with E-state index in [0.29, 0.717) is 23.3 Å². The summed E-state index contributed by atoms with van der Waals surface area (Å²) < 4.78 is 0. The van der Waals surface area contributed by atoms with Crippen molar-refractivity contribution in [2.75, 3.05) is 5.32 Å². The van der Waals surface area contributed by atoms with Crippen molar-refractivity contribution in [1.29, 1.82) is 0 Å². The fourth-order valence-corrected chi connectivity index (χ4v) is 4.14. The maximum absolute atomic E-state index is 12.3. The number of pyridine rings is 2. The van der Waals surface area contributed by atoms with Gasteiger partial charge in [-0.1, -0.05) is 11.6 Å². The van der Waals surface area contributed by atoms with E-state index >= 15 is 0 Å². The Morgan fingerprint density at radius 1 is 1.00 bits per heavy atom. The van der Waals surface area contributed by atoms with Crippen LogP contribution in [-0.2, 0) is 4.79 Å². The number of anilines is 1. The maximum atomic E-state index is 12.3. The third-order valence-electron chi connectivity index (χ3n) is 5.42. The van der Waals surface area contributed by atoms with E-state index in [1.165, 1.54) is 5.56 Å². The number of nitrogens with zero attached hydrogens (tertiary/aromatic N) is 2. The van der Waals surface area contributed by atoms with Crippen molar-refractivity contribution in [3.8, 4) is 0 Å². The molecule has 0 atom stereocenters. The lowest BCUT2D eigenvalue weighted by Gasteiger charge is -2.28. The molecule has 2 heterocycles. The Kier molecular flexibility index (Phi) is 5.35. The van der Waals surface area contributed by atoms with E-state index < -0.39 is 0 Å². The zero-order valence-corrected chi connectivity index (χ0v) is 15.8. The molecule has 0 saturated heterocycles. The standard InChI is InChI=1S/C22H22ClN3O/c23-17-7-9-18(10-8-17)26-21(27)14-15-3-5-16(6-4-15)19-11-13-24-20-2-1-12-25-22(19)20/h1-2,7-13,15-16H,3-6,14H2,(H,26,27). The lowest BCUT2D eigenvalue weighted by molar-refractivity contribution is -0.117. The minimum Gasteiger partial charge on any atom is -0.326 e. The van der Waals surface area contributed by atoms with Gasteiger partial charge in [0.1, 0.15) is 0 Å². The van der Waals surface area contributed by atoms with E-state index in [4.69, 9.17) is 11.6 Å². The van der Waals surface area contributed by atoms with E-state index in [1.807, 2.05) is 36.7 Å². The number of amides is 1. The Morgan fingerprint density at radius 3 is 2.56 bits per heavy atom. The lowest BCUT2D eigenvalue weighted by atomic mass is 9.77. The Balaban J connectivity index is 1.34. The summed E-state index contributed by atoms with van der Waals surface area (Å²) in [6, 6.07) is 13.3. The number of fused-ring (bicyclic) bond motifs is 1. The molecule has 1 fully saturated rings. The Labute approximate surface area is 164 Å². The number of carbonyl (C=O) groups is 1. The molecule has 0 spiro atoms. The first-order valence-electron chi connectivity index (χ1n) is 9.44. The van der Waals surface area contributed by atoms with Gasteiger partial charge in [-0.2, -0.15) is 0 Å². The molecule has 4 rings (SSSR count). The second kappa shape index (κ2) is 8.05. The molecule has 2 aromatic heterocycles. The number of hydrogen-bond acceptors (Lipinski definition) is 3. The lowest BCUT2D eigenvalue weighted by Crippen LogP contribution is -2.20. The van der Waals surface area contributed by atoms with E-state index in [0.717, 1.165) is 42.4 Å². The quantitative estimate of drug-likeness (QED) is 0.643. The average molecular weight is 380 g/mol. The number of halogens is 1. The number of nitrogens with one attached hydrogen (secondary N) is 1. The van der Waals surface area contributed by atoms with Crippen LogP contribution in [0.4, 0.5) is 5.69 Å². The fraction of sp³-hybridized carbons (Fsp3) is 0.318. The van der Waals surface area contributed by atoms with Gasteiger partial charge < -0.3 is 5.32 Å². The highest BCUT2D eigenvalue weighted by atomic mass is 35.5. The second-order valence-electron chi connectivity index (χ2n) is 7.25. The van der Waals surface area contributed by atoms with Gasteiger partial charge in [-0.05, 0) is 85.5 Å². The third-order valence-corrected chi connectivity index (χ3v) is 5.67. The van der Waals surface area contributed by atoms with Crippen LogP contribution in [0.25, 0.3) is 11.0 Å². The van der Waals surface area contributed by atoms with Crippen LogP contribution in [0.5, 0.6) is 0 Å². The summed E-state index contributed by atoms with van der Waals surface area (Å²) in [5, 5.41) is 3.64. The smallest absolute Gasteiger partial charge is 0.224 e.